The minimum atomic E-state index is -0.229. The summed E-state index contributed by atoms with van der Waals surface area (Å²) >= 11 is 0. The number of hydrogen-bond acceptors (Lipinski definition) is 5. The number of carbonyl (C=O) groups is 2. The second kappa shape index (κ2) is 13.7. The number of benzene rings is 3. The first-order chi connectivity index (χ1) is 20.4. The summed E-state index contributed by atoms with van der Waals surface area (Å²) in [7, 11) is 1.53. The van der Waals surface area contributed by atoms with Crippen molar-refractivity contribution in [1.82, 2.24) is 19.8 Å². The number of likely N-dealkylation sites (tertiary alicyclic amines) is 1. The van der Waals surface area contributed by atoms with Gasteiger partial charge in [-0.3, -0.25) is 9.59 Å². The molecule has 0 aliphatic carbocycles. The SMILES string of the molecule is CCCC(=O)c1ccc(OC)c(C(=O)NCCN2CCC(Cc3nc4ccccc4n3Cc3ccc(F)cc3)CC2)c1. The van der Waals surface area contributed by atoms with Gasteiger partial charge in [-0.1, -0.05) is 31.2 Å². The van der Waals surface area contributed by atoms with Gasteiger partial charge in [0.15, 0.2) is 5.78 Å². The number of para-hydroxylation sites is 2. The van der Waals surface area contributed by atoms with Crippen LogP contribution < -0.4 is 10.1 Å². The average Bonchev–Trinajstić information content (AvgIpc) is 3.35. The fourth-order valence-electron chi connectivity index (χ4n) is 5.76. The standard InChI is InChI=1S/C34H39FN4O3/c1-3-6-31(40)26-11-14-32(42-2)28(22-26)34(41)36-17-20-38-18-15-24(16-19-38)21-33-37-29-7-4-5-8-30(29)39(33)23-25-9-12-27(35)13-10-25/h4-5,7-14,22,24H,3,6,15-21,23H2,1-2H3,(H,36,41). The smallest absolute Gasteiger partial charge is 0.255 e. The molecular weight excluding hydrogens is 531 g/mol. The zero-order chi connectivity index (χ0) is 29.5. The summed E-state index contributed by atoms with van der Waals surface area (Å²) in [6.07, 6.45) is 4.23. The van der Waals surface area contributed by atoms with Gasteiger partial charge in [0.1, 0.15) is 17.4 Å². The number of nitrogens with zero attached hydrogens (tertiary/aromatic N) is 3. The Bertz CT molecular complexity index is 1520. The number of halogens is 1. The van der Waals surface area contributed by atoms with Gasteiger partial charge in [0, 0.05) is 38.0 Å². The topological polar surface area (TPSA) is 76.5 Å². The summed E-state index contributed by atoms with van der Waals surface area (Å²) < 4.78 is 21.1. The number of aromatic nitrogens is 2. The Labute approximate surface area is 246 Å². The van der Waals surface area contributed by atoms with E-state index in [2.05, 4.69) is 20.9 Å². The zero-order valence-electron chi connectivity index (χ0n) is 24.4. The second-order valence-electron chi connectivity index (χ2n) is 11.1. The van der Waals surface area contributed by atoms with Crippen molar-refractivity contribution < 1.29 is 18.7 Å². The van der Waals surface area contributed by atoms with Gasteiger partial charge >= 0.3 is 0 Å². The molecule has 220 valence electrons. The number of Topliss-reactive ketones (excluding diaryl/α,β-unsaturated/α-hetero) is 1. The number of carbonyl (C=O) groups excluding carboxylic acids is 2. The van der Waals surface area contributed by atoms with E-state index < -0.39 is 0 Å². The lowest BCUT2D eigenvalue weighted by molar-refractivity contribution is 0.0940. The molecule has 1 saturated heterocycles. The molecule has 7 nitrogen and oxygen atoms in total. The molecule has 1 aliphatic heterocycles. The van der Waals surface area contributed by atoms with Gasteiger partial charge in [0.2, 0.25) is 0 Å². The highest BCUT2D eigenvalue weighted by Crippen LogP contribution is 2.25. The zero-order valence-corrected chi connectivity index (χ0v) is 24.4. The van der Waals surface area contributed by atoms with E-state index in [-0.39, 0.29) is 17.5 Å². The number of hydrogen-bond donors (Lipinski definition) is 1. The lowest BCUT2D eigenvalue weighted by atomic mass is 9.93. The van der Waals surface area contributed by atoms with Crippen molar-refractivity contribution in [2.24, 2.45) is 5.92 Å². The number of piperidine rings is 1. The van der Waals surface area contributed by atoms with Crippen LogP contribution >= 0.6 is 0 Å². The monoisotopic (exact) mass is 570 g/mol. The van der Waals surface area contributed by atoms with Gasteiger partial charge in [-0.15, -0.1) is 0 Å². The summed E-state index contributed by atoms with van der Waals surface area (Å²) in [4.78, 5) is 32.7. The molecule has 1 amide bonds. The van der Waals surface area contributed by atoms with Crippen molar-refractivity contribution in [3.05, 3.63) is 95.1 Å². The summed E-state index contributed by atoms with van der Waals surface area (Å²) in [5.74, 6) is 1.63. The van der Waals surface area contributed by atoms with Crippen molar-refractivity contribution in [2.75, 3.05) is 33.3 Å². The van der Waals surface area contributed by atoms with Gasteiger partial charge in [0.25, 0.3) is 5.91 Å². The number of amides is 1. The highest BCUT2D eigenvalue weighted by molar-refractivity contribution is 6.02. The lowest BCUT2D eigenvalue weighted by Gasteiger charge is -2.32. The highest BCUT2D eigenvalue weighted by atomic mass is 19.1. The molecule has 1 fully saturated rings. The Kier molecular flexibility index (Phi) is 9.64. The summed E-state index contributed by atoms with van der Waals surface area (Å²) in [6, 6.07) is 19.9. The van der Waals surface area contributed by atoms with Crippen molar-refractivity contribution in [2.45, 2.75) is 45.6 Å². The van der Waals surface area contributed by atoms with Crippen molar-refractivity contribution in [3.63, 3.8) is 0 Å². The number of imidazole rings is 1. The predicted octanol–water partition coefficient (Wildman–Crippen LogP) is 5.90. The maximum Gasteiger partial charge on any atom is 0.255 e. The molecule has 1 N–H and O–H groups in total. The van der Waals surface area contributed by atoms with Crippen LogP contribution in [0.5, 0.6) is 5.75 Å². The first-order valence-electron chi connectivity index (χ1n) is 14.9. The molecule has 0 saturated carbocycles. The Morgan fingerprint density at radius 3 is 2.55 bits per heavy atom. The van der Waals surface area contributed by atoms with E-state index in [1.165, 1.54) is 19.2 Å². The third-order valence-corrected chi connectivity index (χ3v) is 8.12. The van der Waals surface area contributed by atoms with E-state index in [4.69, 9.17) is 9.72 Å². The molecule has 42 heavy (non-hydrogen) atoms. The average molecular weight is 571 g/mol. The van der Waals surface area contributed by atoms with E-state index in [0.717, 1.165) is 67.7 Å². The van der Waals surface area contributed by atoms with Crippen LogP contribution in [0.4, 0.5) is 4.39 Å². The Morgan fingerprint density at radius 1 is 1.05 bits per heavy atom. The molecule has 0 unspecified atom stereocenters. The minimum Gasteiger partial charge on any atom is -0.496 e. The number of fused-ring (bicyclic) bond motifs is 1. The van der Waals surface area contributed by atoms with Gasteiger partial charge in [-0.2, -0.15) is 0 Å². The van der Waals surface area contributed by atoms with Crippen molar-refractivity contribution in [3.8, 4) is 5.75 Å². The molecule has 1 aliphatic rings. The highest BCUT2D eigenvalue weighted by Gasteiger charge is 2.23. The van der Waals surface area contributed by atoms with Crippen LogP contribution in [0.1, 0.15) is 64.7 Å². The molecule has 3 aromatic carbocycles. The van der Waals surface area contributed by atoms with Crippen LogP contribution in [0.2, 0.25) is 0 Å². The first kappa shape index (κ1) is 29.5. The van der Waals surface area contributed by atoms with Crippen LogP contribution in [0.3, 0.4) is 0 Å². The summed E-state index contributed by atoms with van der Waals surface area (Å²) in [6.45, 7) is 5.83. The van der Waals surface area contributed by atoms with E-state index in [1.54, 1.807) is 18.2 Å². The van der Waals surface area contributed by atoms with Gasteiger partial charge in [-0.05, 0) is 86.3 Å². The first-order valence-corrected chi connectivity index (χ1v) is 14.9. The Morgan fingerprint density at radius 2 is 1.81 bits per heavy atom. The lowest BCUT2D eigenvalue weighted by Crippen LogP contribution is -2.40. The third kappa shape index (κ3) is 7.05. The van der Waals surface area contributed by atoms with Crippen LogP contribution in [-0.4, -0.2) is 59.4 Å². The fraction of sp³-hybridized carbons (Fsp3) is 0.382. The molecule has 2 heterocycles. The maximum absolute atomic E-state index is 13.5. The van der Waals surface area contributed by atoms with E-state index in [1.807, 2.05) is 37.3 Å². The molecule has 4 aromatic rings. The number of ether oxygens (including phenoxy) is 1. The summed E-state index contributed by atoms with van der Waals surface area (Å²) in [5.41, 5.74) is 4.06. The third-order valence-electron chi connectivity index (χ3n) is 8.12. The number of nitrogens with one attached hydrogen (secondary N) is 1. The van der Waals surface area contributed by atoms with Gasteiger partial charge in [-0.25, -0.2) is 9.37 Å². The molecular formula is C34H39FN4O3. The number of methoxy groups -OCH3 is 1. The van der Waals surface area contributed by atoms with Crippen LogP contribution in [0, 0.1) is 11.7 Å². The number of rotatable bonds is 12. The molecule has 5 rings (SSSR count). The molecule has 0 bridgehead atoms. The number of ketones is 1. The normalized spacial score (nSPS) is 14.3. The largest absolute Gasteiger partial charge is 0.496 e. The summed E-state index contributed by atoms with van der Waals surface area (Å²) in [5, 5.41) is 3.01. The van der Waals surface area contributed by atoms with Crippen LogP contribution in [0.15, 0.2) is 66.7 Å². The molecule has 8 heteroatoms. The quantitative estimate of drug-likeness (QED) is 0.215. The fourth-order valence-corrected chi connectivity index (χ4v) is 5.76. The van der Waals surface area contributed by atoms with Gasteiger partial charge in [0.05, 0.1) is 23.7 Å². The minimum absolute atomic E-state index is 0.0306. The van der Waals surface area contributed by atoms with Gasteiger partial charge < -0.3 is 19.5 Å². The molecule has 0 radical (unpaired) electrons. The Balaban J connectivity index is 1.15. The van der Waals surface area contributed by atoms with Crippen LogP contribution in [0.25, 0.3) is 11.0 Å². The van der Waals surface area contributed by atoms with Crippen molar-refractivity contribution >= 4 is 22.7 Å². The molecule has 1 aromatic heterocycles. The molecule has 0 spiro atoms. The predicted molar refractivity (Wildman–Crippen MR) is 163 cm³/mol. The van der Waals surface area contributed by atoms with Crippen LogP contribution in [-0.2, 0) is 13.0 Å². The Hall–Kier alpha value is -4.04. The van der Waals surface area contributed by atoms with E-state index in [9.17, 15) is 14.0 Å². The van der Waals surface area contributed by atoms with E-state index in [0.29, 0.717) is 42.3 Å². The maximum atomic E-state index is 13.5. The van der Waals surface area contributed by atoms with Crippen molar-refractivity contribution in [1.29, 1.82) is 0 Å². The molecule has 0 atom stereocenters. The van der Waals surface area contributed by atoms with E-state index >= 15 is 0 Å². The second-order valence-corrected chi connectivity index (χ2v) is 11.1.